The van der Waals surface area contributed by atoms with Gasteiger partial charge in [0.05, 0.1) is 22.9 Å². The van der Waals surface area contributed by atoms with E-state index in [1.54, 1.807) is 6.07 Å². The summed E-state index contributed by atoms with van der Waals surface area (Å²) in [4.78, 5) is 12.6. The van der Waals surface area contributed by atoms with Gasteiger partial charge in [-0.15, -0.1) is 11.8 Å². The predicted molar refractivity (Wildman–Crippen MR) is 69.4 cm³/mol. The maximum Gasteiger partial charge on any atom is 0.230 e. The molecule has 2 rings (SSSR count). The van der Waals surface area contributed by atoms with Crippen molar-refractivity contribution in [1.29, 1.82) is 0 Å². The van der Waals surface area contributed by atoms with Gasteiger partial charge in [-0.2, -0.15) is 0 Å². The smallest absolute Gasteiger partial charge is 0.230 e. The molecule has 0 saturated heterocycles. The fourth-order valence-electron chi connectivity index (χ4n) is 1.51. The van der Waals surface area contributed by atoms with Crippen molar-refractivity contribution in [1.82, 2.24) is 5.32 Å². The van der Waals surface area contributed by atoms with E-state index < -0.39 is 0 Å². The van der Waals surface area contributed by atoms with Gasteiger partial charge < -0.3 is 10.4 Å². The Morgan fingerprint density at radius 1 is 1.47 bits per heavy atom. The van der Waals surface area contributed by atoms with E-state index in [-0.39, 0.29) is 18.1 Å². The largest absolute Gasteiger partial charge is 0.394 e. The Morgan fingerprint density at radius 3 is 2.76 bits per heavy atom. The molecule has 17 heavy (non-hydrogen) atoms. The minimum Gasteiger partial charge on any atom is -0.394 e. The quantitative estimate of drug-likeness (QED) is 0.806. The summed E-state index contributed by atoms with van der Waals surface area (Å²) in [6, 6.07) is 7.44. The number of halogens is 1. The van der Waals surface area contributed by atoms with E-state index in [0.29, 0.717) is 10.8 Å². The second kappa shape index (κ2) is 5.29. The van der Waals surface area contributed by atoms with Crippen molar-refractivity contribution < 1.29 is 9.90 Å². The third-order valence-corrected chi connectivity index (χ3v) is 4.27. The molecule has 2 N–H and O–H groups in total. The molecule has 1 aliphatic rings. The highest BCUT2D eigenvalue weighted by Crippen LogP contribution is 2.35. The average molecular weight is 272 g/mol. The molecule has 0 heterocycles. The molecule has 1 aliphatic carbocycles. The molecule has 5 heteroatoms. The molecule has 0 bridgehead atoms. The van der Waals surface area contributed by atoms with Crippen molar-refractivity contribution in [3.8, 4) is 0 Å². The Bertz CT molecular complexity index is 421. The number of rotatable bonds is 5. The van der Waals surface area contributed by atoms with Crippen molar-refractivity contribution in [2.75, 3.05) is 12.4 Å². The lowest BCUT2D eigenvalue weighted by molar-refractivity contribution is -0.119. The molecule has 0 aromatic heterocycles. The lowest BCUT2D eigenvalue weighted by Gasteiger charge is -2.14. The van der Waals surface area contributed by atoms with Crippen LogP contribution in [0.25, 0.3) is 0 Å². The standard InChI is InChI=1S/C12H14ClNO2S/c13-9-3-1-2-4-10(9)17-7-11(16)14-12(8-15)5-6-12/h1-4,15H,5-8H2,(H,14,16). The number of hydrogen-bond donors (Lipinski definition) is 2. The van der Waals surface area contributed by atoms with Gasteiger partial charge >= 0.3 is 0 Å². The number of thioether (sulfide) groups is 1. The zero-order valence-electron chi connectivity index (χ0n) is 9.28. The normalized spacial score (nSPS) is 16.6. The van der Waals surface area contributed by atoms with Crippen LogP contribution in [-0.2, 0) is 4.79 Å². The van der Waals surface area contributed by atoms with Gasteiger partial charge in [-0.05, 0) is 25.0 Å². The number of aliphatic hydroxyl groups is 1. The van der Waals surface area contributed by atoms with Gasteiger partial charge in [-0.25, -0.2) is 0 Å². The van der Waals surface area contributed by atoms with Crippen LogP contribution in [0.2, 0.25) is 5.02 Å². The summed E-state index contributed by atoms with van der Waals surface area (Å²) in [6.45, 7) is 0.0233. The first-order chi connectivity index (χ1) is 8.15. The first kappa shape index (κ1) is 12.7. The second-order valence-electron chi connectivity index (χ2n) is 4.21. The number of amides is 1. The minimum atomic E-state index is -0.335. The topological polar surface area (TPSA) is 49.3 Å². The molecule has 1 aromatic rings. The summed E-state index contributed by atoms with van der Waals surface area (Å²) in [6.07, 6.45) is 1.73. The van der Waals surface area contributed by atoms with E-state index in [1.807, 2.05) is 18.2 Å². The number of carbonyl (C=O) groups excluding carboxylic acids is 1. The summed E-state index contributed by atoms with van der Waals surface area (Å²) < 4.78 is 0. The molecule has 0 atom stereocenters. The maximum absolute atomic E-state index is 11.7. The van der Waals surface area contributed by atoms with Gasteiger partial charge in [0.25, 0.3) is 0 Å². The van der Waals surface area contributed by atoms with Crippen LogP contribution in [-0.4, -0.2) is 28.9 Å². The Kier molecular flexibility index (Phi) is 3.97. The SMILES string of the molecule is O=C(CSc1ccccc1Cl)NC1(CO)CC1. The first-order valence-corrected chi connectivity index (χ1v) is 6.81. The number of hydrogen-bond acceptors (Lipinski definition) is 3. The summed E-state index contributed by atoms with van der Waals surface area (Å²) in [5, 5.41) is 12.6. The average Bonchev–Trinajstić information content (AvgIpc) is 3.08. The maximum atomic E-state index is 11.7. The van der Waals surface area contributed by atoms with Gasteiger partial charge in [0.15, 0.2) is 0 Å². The lowest BCUT2D eigenvalue weighted by Crippen LogP contribution is -2.40. The molecule has 0 aliphatic heterocycles. The van der Waals surface area contributed by atoms with Crippen LogP contribution in [0.3, 0.4) is 0 Å². The number of benzene rings is 1. The third-order valence-electron chi connectivity index (χ3n) is 2.76. The molecule has 92 valence electrons. The van der Waals surface area contributed by atoms with Crippen molar-refractivity contribution in [3.63, 3.8) is 0 Å². The van der Waals surface area contributed by atoms with Crippen LogP contribution in [0, 0.1) is 0 Å². The molecule has 1 aromatic carbocycles. The fraction of sp³-hybridized carbons (Fsp3) is 0.417. The molecule has 3 nitrogen and oxygen atoms in total. The molecular formula is C12H14ClNO2S. The Morgan fingerprint density at radius 2 is 2.18 bits per heavy atom. The van der Waals surface area contributed by atoms with E-state index >= 15 is 0 Å². The molecule has 0 spiro atoms. The highest BCUT2D eigenvalue weighted by atomic mass is 35.5. The zero-order valence-corrected chi connectivity index (χ0v) is 10.9. The van der Waals surface area contributed by atoms with Crippen molar-refractivity contribution in [2.45, 2.75) is 23.3 Å². The van der Waals surface area contributed by atoms with E-state index in [4.69, 9.17) is 16.7 Å². The molecule has 1 amide bonds. The molecule has 1 fully saturated rings. The molecule has 0 radical (unpaired) electrons. The van der Waals surface area contributed by atoms with Gasteiger partial charge in [-0.1, -0.05) is 23.7 Å². The fourth-order valence-corrected chi connectivity index (χ4v) is 2.55. The van der Waals surface area contributed by atoms with Crippen LogP contribution < -0.4 is 5.32 Å². The van der Waals surface area contributed by atoms with Crippen LogP contribution in [0.4, 0.5) is 0 Å². The van der Waals surface area contributed by atoms with Crippen LogP contribution in [0.15, 0.2) is 29.2 Å². The van der Waals surface area contributed by atoms with Crippen LogP contribution in [0.5, 0.6) is 0 Å². The molecule has 1 saturated carbocycles. The predicted octanol–water partition coefficient (Wildman–Crippen LogP) is 2.07. The molecule has 0 unspecified atom stereocenters. The van der Waals surface area contributed by atoms with E-state index in [1.165, 1.54) is 11.8 Å². The second-order valence-corrected chi connectivity index (χ2v) is 5.63. The van der Waals surface area contributed by atoms with E-state index in [2.05, 4.69) is 5.32 Å². The van der Waals surface area contributed by atoms with Gasteiger partial charge in [0.2, 0.25) is 5.91 Å². The summed E-state index contributed by atoms with van der Waals surface area (Å²) >= 11 is 7.40. The highest BCUT2D eigenvalue weighted by molar-refractivity contribution is 8.00. The van der Waals surface area contributed by atoms with Crippen LogP contribution in [0.1, 0.15) is 12.8 Å². The summed E-state index contributed by atoms with van der Waals surface area (Å²) in [5.41, 5.74) is -0.335. The number of carbonyl (C=O) groups is 1. The van der Waals surface area contributed by atoms with Crippen molar-refractivity contribution >= 4 is 29.3 Å². The highest BCUT2D eigenvalue weighted by Gasteiger charge is 2.43. The lowest BCUT2D eigenvalue weighted by atomic mass is 10.3. The van der Waals surface area contributed by atoms with Gasteiger partial charge in [0, 0.05) is 4.90 Å². The third kappa shape index (κ3) is 3.37. The van der Waals surface area contributed by atoms with Gasteiger partial charge in [0.1, 0.15) is 0 Å². The monoisotopic (exact) mass is 271 g/mol. The number of aliphatic hydroxyl groups excluding tert-OH is 1. The van der Waals surface area contributed by atoms with Gasteiger partial charge in [-0.3, -0.25) is 4.79 Å². The Balaban J connectivity index is 1.82. The first-order valence-electron chi connectivity index (χ1n) is 5.44. The summed E-state index contributed by atoms with van der Waals surface area (Å²) in [5.74, 6) is 0.271. The van der Waals surface area contributed by atoms with Crippen molar-refractivity contribution in [3.05, 3.63) is 29.3 Å². The van der Waals surface area contributed by atoms with E-state index in [9.17, 15) is 4.79 Å². The Labute approximate surface area is 110 Å². The minimum absolute atomic E-state index is 0.0233. The zero-order chi connectivity index (χ0) is 12.3. The summed E-state index contributed by atoms with van der Waals surface area (Å²) in [7, 11) is 0. The van der Waals surface area contributed by atoms with E-state index in [0.717, 1.165) is 17.7 Å². The Hall–Kier alpha value is -0.710. The van der Waals surface area contributed by atoms with Crippen molar-refractivity contribution in [2.24, 2.45) is 0 Å². The molecular weight excluding hydrogens is 258 g/mol. The van der Waals surface area contributed by atoms with Crippen LogP contribution >= 0.6 is 23.4 Å². The number of nitrogens with one attached hydrogen (secondary N) is 1.